The van der Waals surface area contributed by atoms with Gasteiger partial charge in [0.25, 0.3) is 5.91 Å². The van der Waals surface area contributed by atoms with Crippen molar-refractivity contribution in [2.75, 3.05) is 26.7 Å². The maximum atomic E-state index is 12.9. The Balaban J connectivity index is 1.52. The highest BCUT2D eigenvalue weighted by Crippen LogP contribution is 2.31. The minimum Gasteiger partial charge on any atom is -0.496 e. The minimum atomic E-state index is -0.225. The van der Waals surface area contributed by atoms with E-state index in [1.54, 1.807) is 14.0 Å². The second-order valence-electron chi connectivity index (χ2n) is 7.50. The molecule has 2 aromatic carbocycles. The average molecular weight is 405 g/mol. The number of ether oxygens (including phenoxy) is 1. The molecule has 6 heteroatoms. The Morgan fingerprint density at radius 1 is 1.13 bits per heavy atom. The molecule has 1 aliphatic heterocycles. The van der Waals surface area contributed by atoms with Crippen molar-refractivity contribution < 1.29 is 13.9 Å². The largest absolute Gasteiger partial charge is 0.496 e. The maximum absolute atomic E-state index is 12.9. The predicted molar refractivity (Wildman–Crippen MR) is 116 cm³/mol. The number of methoxy groups -OCH3 is 1. The number of aromatic nitrogens is 1. The zero-order valence-corrected chi connectivity index (χ0v) is 17.4. The van der Waals surface area contributed by atoms with Gasteiger partial charge in [0.15, 0.2) is 5.69 Å². The van der Waals surface area contributed by atoms with Crippen LogP contribution in [-0.2, 0) is 0 Å². The van der Waals surface area contributed by atoms with Gasteiger partial charge in [-0.2, -0.15) is 0 Å². The number of rotatable bonds is 7. The van der Waals surface area contributed by atoms with Gasteiger partial charge >= 0.3 is 0 Å². The number of hydrogen-bond acceptors (Lipinski definition) is 5. The molecule has 1 amide bonds. The van der Waals surface area contributed by atoms with Crippen molar-refractivity contribution in [2.45, 2.75) is 25.8 Å². The van der Waals surface area contributed by atoms with Gasteiger partial charge in [-0.3, -0.25) is 9.69 Å². The molecule has 0 bridgehead atoms. The number of likely N-dealkylation sites (tertiary alicyclic amines) is 1. The van der Waals surface area contributed by atoms with Crippen LogP contribution in [0.2, 0.25) is 0 Å². The number of para-hydroxylation sites is 1. The van der Waals surface area contributed by atoms with Crippen molar-refractivity contribution in [3.05, 3.63) is 71.6 Å². The zero-order valence-electron chi connectivity index (χ0n) is 17.4. The van der Waals surface area contributed by atoms with E-state index in [2.05, 4.69) is 21.3 Å². The first kappa shape index (κ1) is 20.2. The van der Waals surface area contributed by atoms with Crippen LogP contribution in [0.5, 0.6) is 5.75 Å². The van der Waals surface area contributed by atoms with Crippen LogP contribution in [0, 0.1) is 6.92 Å². The molecule has 0 unspecified atom stereocenters. The first-order chi connectivity index (χ1) is 14.7. The zero-order chi connectivity index (χ0) is 20.9. The first-order valence-corrected chi connectivity index (χ1v) is 10.4. The first-order valence-electron chi connectivity index (χ1n) is 10.4. The quantitative estimate of drug-likeness (QED) is 0.637. The molecule has 1 aromatic heterocycles. The van der Waals surface area contributed by atoms with Crippen molar-refractivity contribution >= 4 is 5.91 Å². The number of hydrogen-bond donors (Lipinski definition) is 1. The molecule has 1 atom stereocenters. The van der Waals surface area contributed by atoms with Gasteiger partial charge in [-0.1, -0.05) is 36.4 Å². The fraction of sp³-hybridized carbons (Fsp3) is 0.333. The smallest absolute Gasteiger partial charge is 0.273 e. The number of nitrogens with one attached hydrogen (secondary N) is 1. The number of benzene rings is 2. The van der Waals surface area contributed by atoms with Gasteiger partial charge in [-0.15, -0.1) is 0 Å². The average Bonchev–Trinajstić information content (AvgIpc) is 3.45. The third kappa shape index (κ3) is 4.24. The summed E-state index contributed by atoms with van der Waals surface area (Å²) in [5, 5.41) is 3.07. The van der Waals surface area contributed by atoms with Crippen molar-refractivity contribution in [3.8, 4) is 17.2 Å². The molecule has 0 saturated carbocycles. The number of oxazole rings is 1. The monoisotopic (exact) mass is 405 g/mol. The van der Waals surface area contributed by atoms with Crippen LogP contribution in [0.3, 0.4) is 0 Å². The molecular weight excluding hydrogens is 378 g/mol. The van der Waals surface area contributed by atoms with E-state index < -0.39 is 0 Å². The summed E-state index contributed by atoms with van der Waals surface area (Å²) in [7, 11) is 1.68. The van der Waals surface area contributed by atoms with Gasteiger partial charge in [-0.05, 0) is 51.1 Å². The molecule has 4 rings (SSSR count). The normalized spacial score (nSPS) is 15.1. The molecule has 0 spiro atoms. The highest BCUT2D eigenvalue weighted by Gasteiger charge is 2.27. The molecule has 0 aliphatic carbocycles. The number of nitrogens with zero attached hydrogens (tertiary/aromatic N) is 2. The molecule has 1 aliphatic rings. The summed E-state index contributed by atoms with van der Waals surface area (Å²) in [4.78, 5) is 19.8. The molecule has 1 saturated heterocycles. The molecule has 1 N–H and O–H groups in total. The SMILES string of the molecule is COc1ccccc1[C@H](CNC(=O)c1nc(-c2ccccc2)oc1C)N1CCCC1. The van der Waals surface area contributed by atoms with Gasteiger partial charge < -0.3 is 14.5 Å². The van der Waals surface area contributed by atoms with Crippen LogP contribution in [-0.4, -0.2) is 42.5 Å². The van der Waals surface area contributed by atoms with Crippen LogP contribution in [0.1, 0.15) is 40.7 Å². The molecule has 0 radical (unpaired) electrons. The number of carbonyl (C=O) groups excluding carboxylic acids is 1. The Hall–Kier alpha value is -3.12. The van der Waals surface area contributed by atoms with E-state index in [-0.39, 0.29) is 11.9 Å². The summed E-state index contributed by atoms with van der Waals surface area (Å²) in [5.74, 6) is 1.59. The highest BCUT2D eigenvalue weighted by molar-refractivity contribution is 5.93. The summed E-state index contributed by atoms with van der Waals surface area (Å²) in [6.07, 6.45) is 2.34. The summed E-state index contributed by atoms with van der Waals surface area (Å²) in [6, 6.07) is 17.7. The number of amides is 1. The summed E-state index contributed by atoms with van der Waals surface area (Å²) in [6.45, 7) is 4.28. The molecule has 6 nitrogen and oxygen atoms in total. The molecular formula is C24H27N3O3. The van der Waals surface area contributed by atoms with E-state index in [0.29, 0.717) is 23.9 Å². The van der Waals surface area contributed by atoms with Gasteiger partial charge in [0, 0.05) is 17.7 Å². The van der Waals surface area contributed by atoms with Crippen molar-refractivity contribution in [1.82, 2.24) is 15.2 Å². The van der Waals surface area contributed by atoms with Crippen molar-refractivity contribution in [3.63, 3.8) is 0 Å². The fourth-order valence-corrected chi connectivity index (χ4v) is 4.02. The molecule has 3 aromatic rings. The Labute approximate surface area is 176 Å². The third-order valence-corrected chi connectivity index (χ3v) is 5.57. The lowest BCUT2D eigenvalue weighted by molar-refractivity contribution is 0.0931. The lowest BCUT2D eigenvalue weighted by Gasteiger charge is -2.29. The predicted octanol–water partition coefficient (Wildman–Crippen LogP) is 4.23. The summed E-state index contributed by atoms with van der Waals surface area (Å²) >= 11 is 0. The Bertz CT molecular complexity index is 994. The van der Waals surface area contributed by atoms with Crippen LogP contribution < -0.4 is 10.1 Å². The van der Waals surface area contributed by atoms with E-state index in [1.807, 2.05) is 48.5 Å². The van der Waals surface area contributed by atoms with Crippen LogP contribution in [0.4, 0.5) is 0 Å². The van der Waals surface area contributed by atoms with Gasteiger partial charge in [0.1, 0.15) is 11.5 Å². The van der Waals surface area contributed by atoms with Crippen LogP contribution in [0.25, 0.3) is 11.5 Å². The van der Waals surface area contributed by atoms with Crippen LogP contribution >= 0.6 is 0 Å². The Morgan fingerprint density at radius 3 is 2.57 bits per heavy atom. The lowest BCUT2D eigenvalue weighted by Crippen LogP contribution is -2.37. The minimum absolute atomic E-state index is 0.0494. The van der Waals surface area contributed by atoms with Crippen molar-refractivity contribution in [2.24, 2.45) is 0 Å². The highest BCUT2D eigenvalue weighted by atomic mass is 16.5. The maximum Gasteiger partial charge on any atom is 0.273 e. The van der Waals surface area contributed by atoms with E-state index in [4.69, 9.17) is 9.15 Å². The standard InChI is InChI=1S/C24H27N3O3/c1-17-22(26-24(30-17)18-10-4-3-5-11-18)23(28)25-16-20(27-14-8-9-15-27)19-12-6-7-13-21(19)29-2/h3-7,10-13,20H,8-9,14-16H2,1-2H3,(H,25,28)/t20-/m0/s1. The van der Waals surface area contributed by atoms with E-state index in [9.17, 15) is 4.79 Å². The van der Waals surface area contributed by atoms with Crippen LogP contribution in [0.15, 0.2) is 59.0 Å². The Morgan fingerprint density at radius 2 is 1.83 bits per heavy atom. The third-order valence-electron chi connectivity index (χ3n) is 5.57. The van der Waals surface area contributed by atoms with Gasteiger partial charge in [0.05, 0.1) is 13.2 Å². The molecule has 1 fully saturated rings. The lowest BCUT2D eigenvalue weighted by atomic mass is 10.0. The fourth-order valence-electron chi connectivity index (χ4n) is 4.02. The van der Waals surface area contributed by atoms with E-state index in [0.717, 1.165) is 30.0 Å². The molecule has 2 heterocycles. The van der Waals surface area contributed by atoms with Gasteiger partial charge in [-0.25, -0.2) is 4.98 Å². The second-order valence-corrected chi connectivity index (χ2v) is 7.50. The Kier molecular flexibility index (Phi) is 6.14. The summed E-state index contributed by atoms with van der Waals surface area (Å²) < 4.78 is 11.3. The number of carbonyl (C=O) groups is 1. The topological polar surface area (TPSA) is 67.6 Å². The number of aryl methyl sites for hydroxylation is 1. The van der Waals surface area contributed by atoms with Crippen molar-refractivity contribution in [1.29, 1.82) is 0 Å². The summed E-state index contributed by atoms with van der Waals surface area (Å²) in [5.41, 5.74) is 2.27. The van der Waals surface area contributed by atoms with E-state index >= 15 is 0 Å². The molecule has 30 heavy (non-hydrogen) atoms. The van der Waals surface area contributed by atoms with Gasteiger partial charge in [0.2, 0.25) is 5.89 Å². The second kappa shape index (κ2) is 9.13. The molecule has 156 valence electrons. The van der Waals surface area contributed by atoms with E-state index in [1.165, 1.54) is 12.8 Å².